The van der Waals surface area contributed by atoms with Gasteiger partial charge in [0, 0.05) is 18.8 Å². The Balaban J connectivity index is 1.80. The third-order valence-electron chi connectivity index (χ3n) is 5.88. The van der Waals surface area contributed by atoms with Gasteiger partial charge in [-0.2, -0.15) is 0 Å². The van der Waals surface area contributed by atoms with Crippen LogP contribution in [0.3, 0.4) is 0 Å². The Morgan fingerprint density at radius 1 is 1.00 bits per heavy atom. The molecule has 0 unspecified atom stereocenters. The number of alkyl halides is 1. The molecule has 2 aromatic rings. The van der Waals surface area contributed by atoms with Crippen molar-refractivity contribution >= 4 is 29.2 Å². The number of carbonyl (C=O) groups is 4. The molecule has 1 saturated heterocycles. The van der Waals surface area contributed by atoms with E-state index in [0.29, 0.717) is 38.4 Å². The first-order valence-electron chi connectivity index (χ1n) is 11.6. The van der Waals surface area contributed by atoms with Crippen LogP contribution in [-0.2, 0) is 25.5 Å². The van der Waals surface area contributed by atoms with Crippen LogP contribution in [0.25, 0.3) is 0 Å². The normalized spacial score (nSPS) is 15.1. The van der Waals surface area contributed by atoms with E-state index >= 15 is 0 Å². The predicted molar refractivity (Wildman–Crippen MR) is 129 cm³/mol. The minimum absolute atomic E-state index is 0.121. The van der Waals surface area contributed by atoms with Gasteiger partial charge in [-0.1, -0.05) is 48.5 Å². The second kappa shape index (κ2) is 12.8. The molecule has 0 spiro atoms. The summed E-state index contributed by atoms with van der Waals surface area (Å²) in [7, 11) is 0. The Bertz CT molecular complexity index is 1010. The number of anilines is 1. The average molecular weight is 484 g/mol. The second-order valence-corrected chi connectivity index (χ2v) is 8.27. The molecule has 3 rings (SSSR count). The minimum atomic E-state index is -1.43. The maximum atomic E-state index is 13.4. The van der Waals surface area contributed by atoms with Gasteiger partial charge in [0.25, 0.3) is 0 Å². The van der Waals surface area contributed by atoms with Gasteiger partial charge in [-0.25, -0.2) is 9.18 Å². The summed E-state index contributed by atoms with van der Waals surface area (Å²) in [5.41, 5.74) is 1.42. The molecule has 2 aromatic carbocycles. The number of carbonyl (C=O) groups excluding carboxylic acids is 4. The summed E-state index contributed by atoms with van der Waals surface area (Å²) in [6, 6.07) is 15.4. The first kappa shape index (κ1) is 26.0. The number of halogens is 1. The zero-order valence-electron chi connectivity index (χ0n) is 19.7. The topological polar surface area (TPSA) is 96.0 Å². The monoisotopic (exact) mass is 483 g/mol. The summed E-state index contributed by atoms with van der Waals surface area (Å²) >= 11 is 0. The van der Waals surface area contributed by atoms with Gasteiger partial charge in [0.05, 0.1) is 19.3 Å². The summed E-state index contributed by atoms with van der Waals surface area (Å²) < 4.78 is 18.3. The Hall–Kier alpha value is -3.59. The highest BCUT2D eigenvalue weighted by Crippen LogP contribution is 2.20. The van der Waals surface area contributed by atoms with Crippen LogP contribution in [-0.4, -0.2) is 73.5 Å². The lowest BCUT2D eigenvalue weighted by atomic mass is 9.99. The second-order valence-electron chi connectivity index (χ2n) is 8.27. The number of nitrogens with zero attached hydrogens (tertiary/aromatic N) is 2. The van der Waals surface area contributed by atoms with Crippen molar-refractivity contribution in [2.75, 3.05) is 37.9 Å². The molecule has 1 aliphatic rings. The fourth-order valence-corrected chi connectivity index (χ4v) is 3.89. The third-order valence-corrected chi connectivity index (χ3v) is 5.88. The van der Waals surface area contributed by atoms with Crippen LogP contribution in [0, 0.1) is 0 Å². The van der Waals surface area contributed by atoms with Crippen molar-refractivity contribution in [1.29, 1.82) is 0 Å². The standard InChI is InChI=1S/C26H30FN3O5/c1-19(30(21-10-6-3-7-11-21)26(34)29-14-16-35-17-15-29)25(33)28-22(24(32)23(31)18-27)13-12-20-8-4-2-5-9-20/h2-11,19,22H,12-18H2,1H3,(H,28,33)/t19-,22-/m0/s1. The van der Waals surface area contributed by atoms with Crippen molar-refractivity contribution in [3.63, 3.8) is 0 Å². The van der Waals surface area contributed by atoms with Crippen molar-refractivity contribution in [2.45, 2.75) is 31.8 Å². The quantitative estimate of drug-likeness (QED) is 0.524. The Morgan fingerprint density at radius 3 is 2.20 bits per heavy atom. The lowest BCUT2D eigenvalue weighted by Gasteiger charge is -2.36. The number of urea groups is 1. The van der Waals surface area contributed by atoms with E-state index in [9.17, 15) is 23.6 Å². The van der Waals surface area contributed by atoms with E-state index in [-0.39, 0.29) is 12.5 Å². The number of amides is 3. The highest BCUT2D eigenvalue weighted by Gasteiger charge is 2.34. The molecule has 186 valence electrons. The van der Waals surface area contributed by atoms with Crippen molar-refractivity contribution in [3.8, 4) is 0 Å². The Kier molecular flexibility index (Phi) is 9.48. The maximum absolute atomic E-state index is 13.4. The highest BCUT2D eigenvalue weighted by atomic mass is 19.1. The molecule has 0 aliphatic carbocycles. The average Bonchev–Trinajstić information content (AvgIpc) is 2.91. The number of rotatable bonds is 10. The molecule has 0 bridgehead atoms. The summed E-state index contributed by atoms with van der Waals surface area (Å²) in [5, 5.41) is 2.60. The minimum Gasteiger partial charge on any atom is -0.378 e. The predicted octanol–water partition coefficient (Wildman–Crippen LogP) is 2.56. The SMILES string of the molecule is C[C@@H](C(=O)N[C@@H](CCc1ccccc1)C(=O)C(=O)CF)N(C(=O)N1CCOCC1)c1ccccc1. The van der Waals surface area contributed by atoms with Crippen LogP contribution < -0.4 is 10.2 Å². The van der Waals surface area contributed by atoms with E-state index in [4.69, 9.17) is 4.74 Å². The van der Waals surface area contributed by atoms with Crippen LogP contribution in [0.4, 0.5) is 14.9 Å². The number of morpholine rings is 1. The number of ketones is 2. The van der Waals surface area contributed by atoms with Gasteiger partial charge in [0.2, 0.25) is 17.5 Å². The number of benzene rings is 2. The summed E-state index contributed by atoms with van der Waals surface area (Å²) in [5.74, 6) is -2.80. The van der Waals surface area contributed by atoms with Crippen LogP contribution >= 0.6 is 0 Å². The smallest absolute Gasteiger partial charge is 0.325 e. The van der Waals surface area contributed by atoms with Gasteiger partial charge in [-0.15, -0.1) is 0 Å². The van der Waals surface area contributed by atoms with Gasteiger partial charge in [-0.05, 0) is 37.5 Å². The number of Topliss-reactive ketones (excluding diaryl/α,β-unsaturated/α-hetero) is 2. The number of ether oxygens (including phenoxy) is 1. The number of hydrogen-bond acceptors (Lipinski definition) is 5. The molecule has 8 nitrogen and oxygen atoms in total. The van der Waals surface area contributed by atoms with E-state index in [1.807, 2.05) is 30.3 Å². The number of hydrogen-bond donors (Lipinski definition) is 1. The van der Waals surface area contributed by atoms with Crippen LogP contribution in [0.5, 0.6) is 0 Å². The zero-order valence-corrected chi connectivity index (χ0v) is 19.7. The fraction of sp³-hybridized carbons (Fsp3) is 0.385. The van der Waals surface area contributed by atoms with E-state index in [2.05, 4.69) is 5.32 Å². The molecule has 1 aliphatic heterocycles. The molecule has 0 radical (unpaired) electrons. The van der Waals surface area contributed by atoms with Gasteiger partial charge >= 0.3 is 6.03 Å². The molecule has 9 heteroatoms. The van der Waals surface area contributed by atoms with E-state index in [0.717, 1.165) is 5.56 Å². The van der Waals surface area contributed by atoms with Gasteiger partial charge in [-0.3, -0.25) is 19.3 Å². The third kappa shape index (κ3) is 6.95. The van der Waals surface area contributed by atoms with Crippen LogP contribution in [0.1, 0.15) is 18.9 Å². The van der Waals surface area contributed by atoms with Gasteiger partial charge < -0.3 is 15.0 Å². The molecular weight excluding hydrogens is 453 g/mol. The molecule has 2 atom stereocenters. The molecule has 1 fully saturated rings. The van der Waals surface area contributed by atoms with E-state index < -0.39 is 36.2 Å². The van der Waals surface area contributed by atoms with Crippen LogP contribution in [0.15, 0.2) is 60.7 Å². The number of para-hydroxylation sites is 1. The largest absolute Gasteiger partial charge is 0.378 e. The van der Waals surface area contributed by atoms with Gasteiger partial charge in [0.15, 0.2) is 6.67 Å². The molecule has 3 amide bonds. The van der Waals surface area contributed by atoms with Crippen LogP contribution in [0.2, 0.25) is 0 Å². The molecule has 1 heterocycles. The van der Waals surface area contributed by atoms with Crippen molar-refractivity contribution < 1.29 is 28.3 Å². The van der Waals surface area contributed by atoms with Crippen molar-refractivity contribution in [3.05, 3.63) is 66.2 Å². The van der Waals surface area contributed by atoms with Crippen molar-refractivity contribution in [2.24, 2.45) is 0 Å². The van der Waals surface area contributed by atoms with E-state index in [1.165, 1.54) is 4.90 Å². The highest BCUT2D eigenvalue weighted by molar-refractivity contribution is 6.40. The Labute approximate surface area is 204 Å². The summed E-state index contributed by atoms with van der Waals surface area (Å²) in [4.78, 5) is 54.0. The molecular formula is C26H30FN3O5. The number of nitrogens with one attached hydrogen (secondary N) is 1. The summed E-state index contributed by atoms with van der Waals surface area (Å²) in [6.07, 6.45) is 0.524. The molecule has 0 aromatic heterocycles. The lowest BCUT2D eigenvalue weighted by molar-refractivity contribution is -0.139. The molecule has 1 N–H and O–H groups in total. The fourth-order valence-electron chi connectivity index (χ4n) is 3.89. The lowest BCUT2D eigenvalue weighted by Crippen LogP contribution is -2.57. The van der Waals surface area contributed by atoms with E-state index in [1.54, 1.807) is 42.2 Å². The Morgan fingerprint density at radius 2 is 1.60 bits per heavy atom. The molecule has 35 heavy (non-hydrogen) atoms. The van der Waals surface area contributed by atoms with Crippen molar-refractivity contribution in [1.82, 2.24) is 10.2 Å². The van der Waals surface area contributed by atoms with Gasteiger partial charge in [0.1, 0.15) is 6.04 Å². The summed E-state index contributed by atoms with van der Waals surface area (Å²) in [6.45, 7) is 1.69. The first-order valence-corrected chi connectivity index (χ1v) is 11.6. The zero-order chi connectivity index (χ0) is 25.2. The first-order chi connectivity index (χ1) is 16.9. The number of aryl methyl sites for hydroxylation is 1. The molecule has 0 saturated carbocycles. The maximum Gasteiger partial charge on any atom is 0.325 e.